The Labute approximate surface area is 166 Å². The molecule has 2 aromatic carbocycles. The minimum absolute atomic E-state index is 0.0963. The van der Waals surface area contributed by atoms with Gasteiger partial charge in [-0.05, 0) is 68.2 Å². The van der Waals surface area contributed by atoms with Crippen molar-refractivity contribution in [3.8, 4) is 5.75 Å². The van der Waals surface area contributed by atoms with Crippen molar-refractivity contribution in [1.82, 2.24) is 10.2 Å². The first-order valence-electron chi connectivity index (χ1n) is 9.33. The molecular weight excluding hydrogens is 360 g/mol. The predicted molar refractivity (Wildman–Crippen MR) is 109 cm³/mol. The van der Waals surface area contributed by atoms with Crippen molar-refractivity contribution in [2.24, 2.45) is 5.92 Å². The van der Waals surface area contributed by atoms with E-state index in [9.17, 15) is 4.79 Å². The topological polar surface area (TPSA) is 41.6 Å². The Balaban J connectivity index is 1.69. The standard InChI is InChI=1S/C22H27ClN2O2/c1-25(2)20(15-8-12-19(27-3)13-9-15)14-24-22(26)21(16-4-5-16)17-6-10-18(23)11-7-17/h6-13,16,20-21H,4-5,14H2,1-3H3,(H,24,26). The van der Waals surface area contributed by atoms with E-state index >= 15 is 0 Å². The Kier molecular flexibility index (Phi) is 6.40. The van der Waals surface area contributed by atoms with Crippen LogP contribution in [0, 0.1) is 5.92 Å². The fourth-order valence-corrected chi connectivity index (χ4v) is 3.60. The molecule has 2 aromatic rings. The van der Waals surface area contributed by atoms with Crippen LogP contribution in [-0.2, 0) is 4.79 Å². The molecule has 0 spiro atoms. The first-order chi connectivity index (χ1) is 13.0. The van der Waals surface area contributed by atoms with Crippen LogP contribution in [0.15, 0.2) is 48.5 Å². The molecule has 1 aliphatic carbocycles. The second kappa shape index (κ2) is 8.77. The van der Waals surface area contributed by atoms with Crippen LogP contribution >= 0.6 is 11.6 Å². The van der Waals surface area contributed by atoms with Gasteiger partial charge in [0, 0.05) is 11.6 Å². The van der Waals surface area contributed by atoms with Gasteiger partial charge in [0.25, 0.3) is 0 Å². The molecule has 0 saturated heterocycles. The molecule has 1 saturated carbocycles. The van der Waals surface area contributed by atoms with Gasteiger partial charge in [0.15, 0.2) is 0 Å². The highest BCUT2D eigenvalue weighted by Crippen LogP contribution is 2.43. The molecule has 27 heavy (non-hydrogen) atoms. The maximum Gasteiger partial charge on any atom is 0.227 e. The average molecular weight is 387 g/mol. The number of nitrogens with one attached hydrogen (secondary N) is 1. The number of likely N-dealkylation sites (N-methyl/N-ethyl adjacent to an activating group) is 1. The Morgan fingerprint density at radius 2 is 1.70 bits per heavy atom. The van der Waals surface area contributed by atoms with Crippen molar-refractivity contribution >= 4 is 17.5 Å². The van der Waals surface area contributed by atoms with Crippen LogP contribution < -0.4 is 10.1 Å². The van der Waals surface area contributed by atoms with Gasteiger partial charge in [-0.25, -0.2) is 0 Å². The van der Waals surface area contributed by atoms with E-state index in [-0.39, 0.29) is 17.9 Å². The van der Waals surface area contributed by atoms with Crippen molar-refractivity contribution in [2.45, 2.75) is 24.8 Å². The number of benzene rings is 2. The number of ether oxygens (including phenoxy) is 1. The molecule has 0 radical (unpaired) electrons. The highest BCUT2D eigenvalue weighted by Gasteiger charge is 2.37. The third kappa shape index (κ3) is 5.02. The number of hydrogen-bond donors (Lipinski definition) is 1. The van der Waals surface area contributed by atoms with Gasteiger partial charge in [0.05, 0.1) is 19.1 Å². The van der Waals surface area contributed by atoms with Gasteiger partial charge in [-0.3, -0.25) is 4.79 Å². The highest BCUT2D eigenvalue weighted by molar-refractivity contribution is 6.30. The SMILES string of the molecule is COc1ccc(C(CNC(=O)C(c2ccc(Cl)cc2)C2CC2)N(C)C)cc1. The zero-order valence-corrected chi connectivity index (χ0v) is 16.9. The molecule has 1 fully saturated rings. The minimum Gasteiger partial charge on any atom is -0.497 e. The molecule has 1 aliphatic rings. The normalized spacial score (nSPS) is 16.0. The Bertz CT molecular complexity index is 755. The van der Waals surface area contributed by atoms with Crippen molar-refractivity contribution in [3.63, 3.8) is 0 Å². The quantitative estimate of drug-likeness (QED) is 0.736. The number of halogens is 1. The second-order valence-electron chi connectivity index (χ2n) is 7.36. The zero-order chi connectivity index (χ0) is 19.4. The van der Waals surface area contributed by atoms with Crippen LogP contribution in [0.2, 0.25) is 5.02 Å². The van der Waals surface area contributed by atoms with Gasteiger partial charge in [0.2, 0.25) is 5.91 Å². The lowest BCUT2D eigenvalue weighted by Crippen LogP contribution is -2.37. The van der Waals surface area contributed by atoms with Crippen molar-refractivity contribution < 1.29 is 9.53 Å². The summed E-state index contributed by atoms with van der Waals surface area (Å²) in [4.78, 5) is 15.1. The van der Waals surface area contributed by atoms with E-state index in [1.54, 1.807) is 7.11 Å². The molecule has 3 rings (SSSR count). The Hall–Kier alpha value is -2.04. The molecule has 0 heterocycles. The monoisotopic (exact) mass is 386 g/mol. The Morgan fingerprint density at radius 1 is 1.11 bits per heavy atom. The molecule has 0 bridgehead atoms. The van der Waals surface area contributed by atoms with Crippen molar-refractivity contribution in [1.29, 1.82) is 0 Å². The zero-order valence-electron chi connectivity index (χ0n) is 16.1. The molecule has 144 valence electrons. The summed E-state index contributed by atoms with van der Waals surface area (Å²) in [6, 6.07) is 15.8. The van der Waals surface area contributed by atoms with Gasteiger partial charge in [-0.15, -0.1) is 0 Å². The number of methoxy groups -OCH3 is 1. The number of nitrogens with zero attached hydrogens (tertiary/aromatic N) is 1. The van der Waals surface area contributed by atoms with Gasteiger partial charge in [0.1, 0.15) is 5.75 Å². The summed E-state index contributed by atoms with van der Waals surface area (Å²) in [7, 11) is 5.71. The fraction of sp³-hybridized carbons (Fsp3) is 0.409. The largest absolute Gasteiger partial charge is 0.497 e. The van der Waals surface area contributed by atoms with Crippen LogP contribution in [0.3, 0.4) is 0 Å². The van der Waals surface area contributed by atoms with E-state index < -0.39 is 0 Å². The van der Waals surface area contributed by atoms with E-state index in [2.05, 4.69) is 10.2 Å². The summed E-state index contributed by atoms with van der Waals surface area (Å²) in [5.41, 5.74) is 2.20. The lowest BCUT2D eigenvalue weighted by Gasteiger charge is -2.26. The van der Waals surface area contributed by atoms with Gasteiger partial charge < -0.3 is 15.0 Å². The predicted octanol–water partition coefficient (Wildman–Crippen LogP) is 4.26. The summed E-state index contributed by atoms with van der Waals surface area (Å²) < 4.78 is 5.24. The highest BCUT2D eigenvalue weighted by atomic mass is 35.5. The number of hydrogen-bond acceptors (Lipinski definition) is 3. The van der Waals surface area contributed by atoms with Crippen molar-refractivity contribution in [2.75, 3.05) is 27.7 Å². The van der Waals surface area contributed by atoms with E-state index in [0.717, 1.165) is 29.7 Å². The third-order valence-corrected chi connectivity index (χ3v) is 5.45. The van der Waals surface area contributed by atoms with Gasteiger partial charge in [-0.2, -0.15) is 0 Å². The summed E-state index contributed by atoms with van der Waals surface area (Å²) in [6.07, 6.45) is 2.21. The molecule has 2 unspecified atom stereocenters. The van der Waals surface area contributed by atoms with E-state index in [4.69, 9.17) is 16.3 Å². The van der Waals surface area contributed by atoms with Crippen LogP contribution in [-0.4, -0.2) is 38.6 Å². The first kappa shape index (κ1) is 19.7. The van der Waals surface area contributed by atoms with E-state index in [1.165, 1.54) is 0 Å². The third-order valence-electron chi connectivity index (χ3n) is 5.20. The van der Waals surface area contributed by atoms with E-state index in [0.29, 0.717) is 17.5 Å². The molecule has 0 aromatic heterocycles. The average Bonchev–Trinajstić information content (AvgIpc) is 3.49. The van der Waals surface area contributed by atoms with Crippen LogP contribution in [0.5, 0.6) is 5.75 Å². The summed E-state index contributed by atoms with van der Waals surface area (Å²) in [5.74, 6) is 1.27. The van der Waals surface area contributed by atoms with Crippen LogP contribution in [0.25, 0.3) is 0 Å². The molecule has 2 atom stereocenters. The number of rotatable bonds is 8. The molecule has 5 heteroatoms. The second-order valence-corrected chi connectivity index (χ2v) is 7.80. The summed E-state index contributed by atoms with van der Waals surface area (Å²) in [5, 5.41) is 3.88. The van der Waals surface area contributed by atoms with Gasteiger partial charge >= 0.3 is 0 Å². The maximum atomic E-state index is 13.0. The molecule has 1 N–H and O–H groups in total. The molecular formula is C22H27ClN2O2. The summed E-state index contributed by atoms with van der Waals surface area (Å²) in [6.45, 7) is 0.564. The smallest absolute Gasteiger partial charge is 0.227 e. The fourth-order valence-electron chi connectivity index (χ4n) is 3.47. The molecule has 0 aliphatic heterocycles. The lowest BCUT2D eigenvalue weighted by atomic mass is 9.93. The van der Waals surface area contributed by atoms with Crippen molar-refractivity contribution in [3.05, 3.63) is 64.7 Å². The summed E-state index contributed by atoms with van der Waals surface area (Å²) >= 11 is 6.00. The molecule has 4 nitrogen and oxygen atoms in total. The number of carbonyl (C=O) groups excluding carboxylic acids is 1. The molecule has 1 amide bonds. The lowest BCUT2D eigenvalue weighted by molar-refractivity contribution is -0.123. The minimum atomic E-state index is -0.0963. The number of amides is 1. The van der Waals surface area contributed by atoms with Gasteiger partial charge in [-0.1, -0.05) is 35.9 Å². The Morgan fingerprint density at radius 3 is 2.22 bits per heavy atom. The van der Waals surface area contributed by atoms with Crippen LogP contribution in [0.4, 0.5) is 0 Å². The number of carbonyl (C=O) groups is 1. The van der Waals surface area contributed by atoms with E-state index in [1.807, 2.05) is 62.6 Å². The first-order valence-corrected chi connectivity index (χ1v) is 9.71. The van der Waals surface area contributed by atoms with Crippen LogP contribution in [0.1, 0.15) is 35.9 Å². The maximum absolute atomic E-state index is 13.0.